The molecular weight excluding hydrogens is 226 g/mol. The third-order valence-corrected chi connectivity index (χ3v) is 5.63. The number of thiol groups is 1. The van der Waals surface area contributed by atoms with Gasteiger partial charge in [-0.2, -0.15) is 12.6 Å². The second-order valence-electron chi connectivity index (χ2n) is 4.17. The van der Waals surface area contributed by atoms with Gasteiger partial charge >= 0.3 is 8.56 Å². The van der Waals surface area contributed by atoms with Gasteiger partial charge in [0.1, 0.15) is 0 Å². The zero-order valence-electron chi connectivity index (χ0n) is 10.5. The minimum atomic E-state index is -1.88. The van der Waals surface area contributed by atoms with Crippen LogP contribution in [0.25, 0.3) is 0 Å². The molecule has 3 nitrogen and oxygen atoms in total. The van der Waals surface area contributed by atoms with Gasteiger partial charge in [0.2, 0.25) is 0 Å². The van der Waals surface area contributed by atoms with E-state index in [1.165, 1.54) is 0 Å². The van der Waals surface area contributed by atoms with Crippen LogP contribution in [-0.2, 0) is 8.85 Å². The van der Waals surface area contributed by atoms with E-state index in [9.17, 15) is 0 Å². The summed E-state index contributed by atoms with van der Waals surface area (Å²) in [6.07, 6.45) is 2.15. The molecule has 92 valence electrons. The molecule has 15 heavy (non-hydrogen) atoms. The van der Waals surface area contributed by atoms with Gasteiger partial charge in [0.05, 0.1) is 0 Å². The zero-order chi connectivity index (χ0) is 11.7. The molecule has 0 aromatic rings. The predicted octanol–water partition coefficient (Wildman–Crippen LogP) is 1.99. The second kappa shape index (κ2) is 8.58. The van der Waals surface area contributed by atoms with E-state index in [0.29, 0.717) is 0 Å². The Morgan fingerprint density at radius 2 is 1.93 bits per heavy atom. The van der Waals surface area contributed by atoms with Crippen LogP contribution in [-0.4, -0.2) is 53.6 Å². The maximum atomic E-state index is 5.89. The van der Waals surface area contributed by atoms with Gasteiger partial charge in [-0.15, -0.1) is 0 Å². The van der Waals surface area contributed by atoms with Crippen molar-refractivity contribution in [2.24, 2.45) is 0 Å². The van der Waals surface area contributed by atoms with E-state index in [0.717, 1.165) is 37.8 Å². The van der Waals surface area contributed by atoms with E-state index in [1.54, 1.807) is 7.11 Å². The second-order valence-corrected chi connectivity index (χ2v) is 8.08. The summed E-state index contributed by atoms with van der Waals surface area (Å²) < 4.78 is 11.4. The molecule has 1 atom stereocenters. The van der Waals surface area contributed by atoms with Crippen LogP contribution in [0.1, 0.15) is 12.8 Å². The van der Waals surface area contributed by atoms with E-state index in [4.69, 9.17) is 8.85 Å². The molecule has 0 rings (SSSR count). The molecule has 0 saturated carbocycles. The fourth-order valence-corrected chi connectivity index (χ4v) is 3.62. The maximum absolute atomic E-state index is 5.89. The van der Waals surface area contributed by atoms with Crippen LogP contribution in [0.2, 0.25) is 12.6 Å². The highest BCUT2D eigenvalue weighted by Gasteiger charge is 2.28. The minimum absolute atomic E-state index is 0.807. The average molecular weight is 251 g/mol. The molecular formula is C10H25NO2SSi. The molecule has 0 amide bonds. The molecule has 0 bridgehead atoms. The molecule has 0 fully saturated rings. The van der Waals surface area contributed by atoms with Crippen molar-refractivity contribution in [1.29, 1.82) is 0 Å². The van der Waals surface area contributed by atoms with Crippen molar-refractivity contribution >= 4 is 21.2 Å². The number of hydrogen-bond acceptors (Lipinski definition) is 4. The van der Waals surface area contributed by atoms with Crippen molar-refractivity contribution in [2.75, 3.05) is 40.1 Å². The summed E-state index contributed by atoms with van der Waals surface area (Å²) in [6.45, 7) is 4.01. The number of rotatable bonds is 9. The smallest absolute Gasteiger partial charge is 0.334 e. The molecule has 1 unspecified atom stereocenters. The molecule has 0 aliphatic carbocycles. The van der Waals surface area contributed by atoms with Crippen LogP contribution in [0.4, 0.5) is 0 Å². The summed E-state index contributed by atoms with van der Waals surface area (Å²) in [5, 5.41) is 0. The highest BCUT2D eigenvalue weighted by molar-refractivity contribution is 7.80. The SMILES string of the molecule is CO[Si](C)(CCCS)OCCCN(C)C. The van der Waals surface area contributed by atoms with Crippen molar-refractivity contribution in [3.05, 3.63) is 0 Å². The lowest BCUT2D eigenvalue weighted by molar-refractivity contribution is 0.194. The van der Waals surface area contributed by atoms with Crippen LogP contribution >= 0.6 is 12.6 Å². The monoisotopic (exact) mass is 251 g/mol. The Labute approximate surface area is 101 Å². The zero-order valence-corrected chi connectivity index (χ0v) is 12.3. The fraction of sp³-hybridized carbons (Fsp3) is 1.00. The van der Waals surface area contributed by atoms with Crippen molar-refractivity contribution in [1.82, 2.24) is 4.90 Å². The lowest BCUT2D eigenvalue weighted by atomic mass is 10.4. The molecule has 0 saturated heterocycles. The van der Waals surface area contributed by atoms with Crippen molar-refractivity contribution in [2.45, 2.75) is 25.4 Å². The third kappa shape index (κ3) is 8.27. The average Bonchev–Trinajstić information content (AvgIpc) is 2.21. The molecule has 0 aliphatic rings. The summed E-state index contributed by atoms with van der Waals surface area (Å²) in [5.74, 6) is 0.910. The minimum Gasteiger partial charge on any atom is -0.398 e. The van der Waals surface area contributed by atoms with E-state index < -0.39 is 8.56 Å². The van der Waals surface area contributed by atoms with E-state index in [-0.39, 0.29) is 0 Å². The van der Waals surface area contributed by atoms with Gasteiger partial charge in [-0.05, 0) is 51.8 Å². The first-order chi connectivity index (χ1) is 7.04. The standard InChI is InChI=1S/C10H25NO2SSi/c1-11(2)7-5-8-13-15(4,12-3)10-6-9-14/h14H,5-10H2,1-4H3. The fourth-order valence-electron chi connectivity index (χ4n) is 1.30. The first kappa shape index (κ1) is 15.4. The lowest BCUT2D eigenvalue weighted by Gasteiger charge is -2.25. The summed E-state index contributed by atoms with van der Waals surface area (Å²) in [4.78, 5) is 2.17. The quantitative estimate of drug-likeness (QED) is 0.385. The van der Waals surface area contributed by atoms with E-state index >= 15 is 0 Å². The van der Waals surface area contributed by atoms with Crippen LogP contribution in [0.3, 0.4) is 0 Å². The van der Waals surface area contributed by atoms with Crippen LogP contribution in [0.15, 0.2) is 0 Å². The van der Waals surface area contributed by atoms with Crippen molar-refractivity contribution in [3.8, 4) is 0 Å². The topological polar surface area (TPSA) is 21.7 Å². The van der Waals surface area contributed by atoms with Crippen LogP contribution in [0.5, 0.6) is 0 Å². The number of hydrogen-bond donors (Lipinski definition) is 1. The molecule has 0 aromatic heterocycles. The van der Waals surface area contributed by atoms with Gasteiger partial charge < -0.3 is 13.8 Å². The Kier molecular flexibility index (Phi) is 8.84. The van der Waals surface area contributed by atoms with E-state index in [1.807, 2.05) is 0 Å². The van der Waals surface area contributed by atoms with Gasteiger partial charge in [0.25, 0.3) is 0 Å². The molecule has 0 heterocycles. The normalized spacial score (nSPS) is 15.6. The first-order valence-corrected chi connectivity index (χ1v) is 8.64. The van der Waals surface area contributed by atoms with Gasteiger partial charge in [0, 0.05) is 13.7 Å². The Balaban J connectivity index is 3.67. The van der Waals surface area contributed by atoms with Gasteiger partial charge in [-0.3, -0.25) is 0 Å². The Morgan fingerprint density at radius 3 is 2.40 bits per heavy atom. The Hall–Kier alpha value is 0.447. The molecule has 0 N–H and O–H groups in total. The van der Waals surface area contributed by atoms with E-state index in [2.05, 4.69) is 38.2 Å². The Bertz CT molecular complexity index is 160. The summed E-state index contributed by atoms with van der Waals surface area (Å²) >= 11 is 4.21. The summed E-state index contributed by atoms with van der Waals surface area (Å²) in [5.41, 5.74) is 0. The highest BCUT2D eigenvalue weighted by atomic mass is 32.1. The maximum Gasteiger partial charge on any atom is 0.334 e. The first-order valence-electron chi connectivity index (χ1n) is 5.49. The lowest BCUT2D eigenvalue weighted by Crippen LogP contribution is -2.38. The highest BCUT2D eigenvalue weighted by Crippen LogP contribution is 2.15. The largest absolute Gasteiger partial charge is 0.398 e. The summed E-state index contributed by atoms with van der Waals surface area (Å²) in [7, 11) is 4.03. The molecule has 5 heteroatoms. The van der Waals surface area contributed by atoms with Crippen LogP contribution < -0.4 is 0 Å². The van der Waals surface area contributed by atoms with Crippen LogP contribution in [0, 0.1) is 0 Å². The van der Waals surface area contributed by atoms with Gasteiger partial charge in [-0.25, -0.2) is 0 Å². The van der Waals surface area contributed by atoms with Crippen molar-refractivity contribution < 1.29 is 8.85 Å². The van der Waals surface area contributed by atoms with Gasteiger partial charge in [0.15, 0.2) is 0 Å². The molecule has 0 aromatic carbocycles. The molecule has 0 spiro atoms. The number of nitrogens with zero attached hydrogens (tertiary/aromatic N) is 1. The third-order valence-electron chi connectivity index (χ3n) is 2.38. The Morgan fingerprint density at radius 1 is 1.27 bits per heavy atom. The molecule has 0 aliphatic heterocycles. The summed E-state index contributed by atoms with van der Waals surface area (Å²) in [6, 6.07) is 1.04. The van der Waals surface area contributed by atoms with Gasteiger partial charge in [-0.1, -0.05) is 0 Å². The molecule has 0 radical (unpaired) electrons. The van der Waals surface area contributed by atoms with Crippen molar-refractivity contribution in [3.63, 3.8) is 0 Å². The predicted molar refractivity (Wildman–Crippen MR) is 71.0 cm³/mol.